The summed E-state index contributed by atoms with van der Waals surface area (Å²) in [4.78, 5) is 8.19. The SMILES string of the molecule is Fc1cccc(F)c1-c1nc(Cl)c2cccc(Br)c2n1. The fourth-order valence-electron chi connectivity index (χ4n) is 1.90. The lowest BCUT2D eigenvalue weighted by molar-refractivity contribution is 0.587. The second-order valence-electron chi connectivity index (χ2n) is 4.07. The molecule has 0 aliphatic heterocycles. The number of aromatic nitrogens is 2. The van der Waals surface area contributed by atoms with Crippen molar-refractivity contribution in [2.24, 2.45) is 0 Å². The molecule has 0 saturated heterocycles. The van der Waals surface area contributed by atoms with Gasteiger partial charge in [-0.2, -0.15) is 0 Å². The molecule has 20 heavy (non-hydrogen) atoms. The average molecular weight is 356 g/mol. The molecule has 2 nitrogen and oxygen atoms in total. The van der Waals surface area contributed by atoms with Gasteiger partial charge in [-0.15, -0.1) is 0 Å². The number of nitrogens with zero attached hydrogens (tertiary/aromatic N) is 2. The van der Waals surface area contributed by atoms with Gasteiger partial charge >= 0.3 is 0 Å². The molecule has 2 aromatic carbocycles. The second-order valence-corrected chi connectivity index (χ2v) is 5.28. The number of benzene rings is 2. The van der Waals surface area contributed by atoms with Crippen molar-refractivity contribution in [1.29, 1.82) is 0 Å². The minimum atomic E-state index is -0.729. The van der Waals surface area contributed by atoms with Crippen LogP contribution in [0.25, 0.3) is 22.3 Å². The smallest absolute Gasteiger partial charge is 0.167 e. The van der Waals surface area contributed by atoms with Gasteiger partial charge in [0.2, 0.25) is 0 Å². The molecule has 3 aromatic rings. The Morgan fingerprint density at radius 1 is 0.950 bits per heavy atom. The van der Waals surface area contributed by atoms with Gasteiger partial charge in [0.15, 0.2) is 5.82 Å². The minimum Gasteiger partial charge on any atom is -0.226 e. The molecule has 6 heteroatoms. The summed E-state index contributed by atoms with van der Waals surface area (Å²) >= 11 is 9.41. The molecule has 1 aromatic heterocycles. The van der Waals surface area contributed by atoms with E-state index in [9.17, 15) is 8.78 Å². The largest absolute Gasteiger partial charge is 0.226 e. The molecule has 0 saturated carbocycles. The third kappa shape index (κ3) is 2.17. The van der Waals surface area contributed by atoms with E-state index in [4.69, 9.17) is 11.6 Å². The van der Waals surface area contributed by atoms with E-state index in [2.05, 4.69) is 25.9 Å². The van der Waals surface area contributed by atoms with Crippen LogP contribution in [0.15, 0.2) is 40.9 Å². The monoisotopic (exact) mass is 354 g/mol. The van der Waals surface area contributed by atoms with Crippen molar-refractivity contribution in [3.8, 4) is 11.4 Å². The zero-order chi connectivity index (χ0) is 14.3. The van der Waals surface area contributed by atoms with Crippen molar-refractivity contribution in [2.75, 3.05) is 0 Å². The molecule has 0 bridgehead atoms. The Kier molecular flexibility index (Phi) is 3.40. The normalized spacial score (nSPS) is 11.0. The Labute approximate surface area is 126 Å². The summed E-state index contributed by atoms with van der Waals surface area (Å²) in [7, 11) is 0. The highest BCUT2D eigenvalue weighted by Gasteiger charge is 2.16. The molecule has 0 aliphatic carbocycles. The first-order valence-corrected chi connectivity index (χ1v) is 6.81. The first kappa shape index (κ1) is 13.4. The number of hydrogen-bond donors (Lipinski definition) is 0. The topological polar surface area (TPSA) is 25.8 Å². The van der Waals surface area contributed by atoms with E-state index in [0.717, 1.165) is 12.1 Å². The van der Waals surface area contributed by atoms with E-state index in [1.165, 1.54) is 6.07 Å². The fourth-order valence-corrected chi connectivity index (χ4v) is 2.59. The van der Waals surface area contributed by atoms with E-state index in [-0.39, 0.29) is 16.5 Å². The first-order valence-electron chi connectivity index (χ1n) is 5.64. The minimum absolute atomic E-state index is 0.0787. The number of para-hydroxylation sites is 1. The van der Waals surface area contributed by atoms with E-state index in [1.54, 1.807) is 18.2 Å². The third-order valence-corrected chi connectivity index (χ3v) is 3.75. The summed E-state index contributed by atoms with van der Waals surface area (Å²) in [6.45, 7) is 0. The number of rotatable bonds is 1. The van der Waals surface area contributed by atoms with Crippen LogP contribution in [0.5, 0.6) is 0 Å². The summed E-state index contributed by atoms with van der Waals surface area (Å²) in [6, 6.07) is 8.88. The molecule has 1 heterocycles. The highest BCUT2D eigenvalue weighted by molar-refractivity contribution is 9.10. The molecule has 0 aliphatic rings. The van der Waals surface area contributed by atoms with Crippen LogP contribution in [0.1, 0.15) is 0 Å². The molecule has 0 N–H and O–H groups in total. The van der Waals surface area contributed by atoms with Crippen molar-refractivity contribution in [1.82, 2.24) is 9.97 Å². The molecular formula is C14H6BrClF2N2. The van der Waals surface area contributed by atoms with Crippen molar-refractivity contribution < 1.29 is 8.78 Å². The Balaban J connectivity index is 2.36. The van der Waals surface area contributed by atoms with E-state index < -0.39 is 11.6 Å². The molecule has 3 rings (SSSR count). The molecule has 0 radical (unpaired) electrons. The van der Waals surface area contributed by atoms with Gasteiger partial charge in [0, 0.05) is 9.86 Å². The molecule has 0 atom stereocenters. The quantitative estimate of drug-likeness (QED) is 0.575. The summed E-state index contributed by atoms with van der Waals surface area (Å²) in [5.41, 5.74) is 0.220. The van der Waals surface area contributed by atoms with Gasteiger partial charge in [0.05, 0.1) is 11.1 Å². The molecule has 0 amide bonds. The molecular weight excluding hydrogens is 350 g/mol. The molecule has 0 fully saturated rings. The van der Waals surface area contributed by atoms with Crippen LogP contribution in [0, 0.1) is 11.6 Å². The van der Waals surface area contributed by atoms with Crippen LogP contribution < -0.4 is 0 Å². The lowest BCUT2D eigenvalue weighted by atomic mass is 10.1. The van der Waals surface area contributed by atoms with Crippen LogP contribution in [0.2, 0.25) is 5.15 Å². The van der Waals surface area contributed by atoms with E-state index in [0.29, 0.717) is 15.4 Å². The van der Waals surface area contributed by atoms with Crippen molar-refractivity contribution in [2.45, 2.75) is 0 Å². The van der Waals surface area contributed by atoms with Crippen molar-refractivity contribution in [3.63, 3.8) is 0 Å². The summed E-state index contributed by atoms with van der Waals surface area (Å²) in [5, 5.41) is 0.760. The predicted octanol–water partition coefficient (Wildman–Crippen LogP) is 4.99. The van der Waals surface area contributed by atoms with Gasteiger partial charge < -0.3 is 0 Å². The molecule has 100 valence electrons. The number of fused-ring (bicyclic) bond motifs is 1. The van der Waals surface area contributed by atoms with Gasteiger partial charge in [-0.05, 0) is 40.2 Å². The predicted molar refractivity (Wildman–Crippen MR) is 77.6 cm³/mol. The lowest BCUT2D eigenvalue weighted by Gasteiger charge is -2.07. The summed E-state index contributed by atoms with van der Waals surface area (Å²) < 4.78 is 28.3. The third-order valence-electron chi connectivity index (χ3n) is 2.82. The standard InChI is InChI=1S/C14H6BrClF2N2/c15-8-4-1-3-7-12(8)19-14(20-13(7)16)11-9(17)5-2-6-10(11)18/h1-6H. The molecule has 0 spiro atoms. The maximum absolute atomic E-state index is 13.8. The lowest BCUT2D eigenvalue weighted by Crippen LogP contribution is -1.97. The summed E-state index contributed by atoms with van der Waals surface area (Å²) in [6.07, 6.45) is 0. The number of halogens is 4. The fraction of sp³-hybridized carbons (Fsp3) is 0. The van der Waals surface area contributed by atoms with Crippen LogP contribution in [0.4, 0.5) is 8.78 Å². The maximum Gasteiger partial charge on any atom is 0.167 e. The van der Waals surface area contributed by atoms with Crippen LogP contribution in [-0.4, -0.2) is 9.97 Å². The molecule has 0 unspecified atom stereocenters. The van der Waals surface area contributed by atoms with Crippen molar-refractivity contribution in [3.05, 3.63) is 57.7 Å². The highest BCUT2D eigenvalue weighted by Crippen LogP contribution is 2.31. The van der Waals surface area contributed by atoms with Crippen LogP contribution in [-0.2, 0) is 0 Å². The Hall–Kier alpha value is -1.59. The second kappa shape index (κ2) is 5.07. The van der Waals surface area contributed by atoms with Gasteiger partial charge in [0.25, 0.3) is 0 Å². The zero-order valence-electron chi connectivity index (χ0n) is 9.87. The highest BCUT2D eigenvalue weighted by atomic mass is 79.9. The Morgan fingerprint density at radius 3 is 2.30 bits per heavy atom. The average Bonchev–Trinajstić information content (AvgIpc) is 2.40. The summed E-state index contributed by atoms with van der Waals surface area (Å²) in [5.74, 6) is -1.54. The van der Waals surface area contributed by atoms with Gasteiger partial charge in [-0.1, -0.05) is 23.7 Å². The maximum atomic E-state index is 13.8. The van der Waals surface area contributed by atoms with E-state index >= 15 is 0 Å². The first-order chi connectivity index (χ1) is 9.58. The van der Waals surface area contributed by atoms with Gasteiger partial charge in [-0.25, -0.2) is 18.7 Å². The zero-order valence-corrected chi connectivity index (χ0v) is 12.2. The van der Waals surface area contributed by atoms with Gasteiger partial charge in [-0.3, -0.25) is 0 Å². The van der Waals surface area contributed by atoms with Crippen LogP contribution >= 0.6 is 27.5 Å². The van der Waals surface area contributed by atoms with E-state index in [1.807, 2.05) is 0 Å². The van der Waals surface area contributed by atoms with Crippen LogP contribution in [0.3, 0.4) is 0 Å². The Bertz CT molecular complexity index is 803. The van der Waals surface area contributed by atoms with Crippen molar-refractivity contribution >= 4 is 38.4 Å². The number of hydrogen-bond acceptors (Lipinski definition) is 2. The van der Waals surface area contributed by atoms with Gasteiger partial charge in [0.1, 0.15) is 16.8 Å². The Morgan fingerprint density at radius 2 is 1.60 bits per heavy atom.